The molecule has 0 N–H and O–H groups in total. The van der Waals surface area contributed by atoms with E-state index in [-0.39, 0.29) is 5.41 Å². The Morgan fingerprint density at radius 1 is 0.333 bits per heavy atom. The van der Waals surface area contributed by atoms with Crippen LogP contribution >= 0.6 is 0 Å². The molecule has 11 aromatic carbocycles. The second-order valence-corrected chi connectivity index (χ2v) is 18.8. The summed E-state index contributed by atoms with van der Waals surface area (Å²) in [5, 5.41) is 4.94. The normalized spacial score (nSPS) is 12.6. The molecule has 0 fully saturated rings. The molecule has 1 heterocycles. The Balaban J connectivity index is 0.994. The Kier molecular flexibility index (Phi) is 9.55. The van der Waals surface area contributed by atoms with E-state index < -0.39 is 0 Å². The van der Waals surface area contributed by atoms with Crippen LogP contribution < -0.4 is 4.90 Å². The zero-order valence-corrected chi connectivity index (χ0v) is 38.6. The van der Waals surface area contributed by atoms with Gasteiger partial charge in [0, 0.05) is 38.7 Å². The first-order chi connectivity index (χ1) is 34.0. The van der Waals surface area contributed by atoms with Crippen molar-refractivity contribution in [1.82, 2.24) is 4.57 Å². The Bertz CT molecular complexity index is 3910. The Labute approximate surface area is 403 Å². The third-order valence-electron chi connectivity index (χ3n) is 14.6. The molecule has 0 saturated carbocycles. The molecule has 0 amide bonds. The lowest BCUT2D eigenvalue weighted by atomic mass is 9.81. The van der Waals surface area contributed by atoms with Crippen molar-refractivity contribution >= 4 is 49.6 Å². The van der Waals surface area contributed by atoms with E-state index in [1.165, 1.54) is 93.8 Å². The summed E-state index contributed by atoms with van der Waals surface area (Å²) in [5.41, 5.74) is 21.7. The summed E-state index contributed by atoms with van der Waals surface area (Å²) >= 11 is 0. The van der Waals surface area contributed by atoms with Crippen LogP contribution in [-0.4, -0.2) is 4.57 Å². The molecule has 2 heteroatoms. The number of para-hydroxylation sites is 4. The number of nitrogens with zero attached hydrogens (tertiary/aromatic N) is 2. The number of anilines is 3. The highest BCUT2D eigenvalue weighted by Gasteiger charge is 2.35. The second-order valence-electron chi connectivity index (χ2n) is 18.8. The molecule has 0 unspecified atom stereocenters. The standard InChI is InChI=1S/C67H48N2/c1-67(2)60-31-13-9-26-54(60)55-41-37-49(44-61(55)67)52-25-10-14-32-62(52)69(63-33-15-11-27-56(63)58-30-18-22-47-21-17-29-53(66(47)58)46-19-5-3-6-20-46)51-39-35-45(36-40-51)48-38-42-65-59(43-48)57-28-12-16-34-64(57)68(65)50-23-7-4-8-24-50/h3-44H,1-2H3. The highest BCUT2D eigenvalue weighted by Crippen LogP contribution is 2.52. The maximum atomic E-state index is 2.49. The van der Waals surface area contributed by atoms with Crippen molar-refractivity contribution in [3.05, 3.63) is 266 Å². The molecule has 0 radical (unpaired) electrons. The lowest BCUT2D eigenvalue weighted by Gasteiger charge is -2.30. The van der Waals surface area contributed by atoms with Crippen LogP contribution in [0.4, 0.5) is 17.1 Å². The van der Waals surface area contributed by atoms with Crippen molar-refractivity contribution < 1.29 is 0 Å². The molecule has 326 valence electrons. The average Bonchev–Trinajstić information content (AvgIpc) is 3.86. The molecule has 0 saturated heterocycles. The third-order valence-corrected chi connectivity index (χ3v) is 14.6. The van der Waals surface area contributed by atoms with Gasteiger partial charge >= 0.3 is 0 Å². The minimum Gasteiger partial charge on any atom is -0.309 e. The van der Waals surface area contributed by atoms with Gasteiger partial charge in [0.05, 0.1) is 22.4 Å². The number of benzene rings is 11. The zero-order valence-electron chi connectivity index (χ0n) is 38.6. The lowest BCUT2D eigenvalue weighted by molar-refractivity contribution is 0.660. The van der Waals surface area contributed by atoms with Gasteiger partial charge in [-0.2, -0.15) is 0 Å². The molecule has 13 rings (SSSR count). The van der Waals surface area contributed by atoms with Gasteiger partial charge in [-0.25, -0.2) is 0 Å². The Morgan fingerprint density at radius 3 is 1.68 bits per heavy atom. The van der Waals surface area contributed by atoms with E-state index in [9.17, 15) is 0 Å². The van der Waals surface area contributed by atoms with Crippen LogP contribution in [0.1, 0.15) is 25.0 Å². The molecule has 0 spiro atoms. The van der Waals surface area contributed by atoms with E-state index >= 15 is 0 Å². The summed E-state index contributed by atoms with van der Waals surface area (Å²) in [4.78, 5) is 2.49. The highest BCUT2D eigenvalue weighted by atomic mass is 15.1. The number of fused-ring (bicyclic) bond motifs is 7. The highest BCUT2D eigenvalue weighted by molar-refractivity contribution is 6.11. The van der Waals surface area contributed by atoms with Gasteiger partial charge in [0.25, 0.3) is 0 Å². The molecule has 12 aromatic rings. The molecule has 0 atom stereocenters. The van der Waals surface area contributed by atoms with Crippen molar-refractivity contribution in [2.45, 2.75) is 19.3 Å². The van der Waals surface area contributed by atoms with E-state index in [1.54, 1.807) is 0 Å². The maximum absolute atomic E-state index is 2.49. The van der Waals surface area contributed by atoms with Crippen LogP contribution in [0.25, 0.3) is 93.9 Å². The van der Waals surface area contributed by atoms with Crippen LogP contribution in [0.15, 0.2) is 255 Å². The molecule has 1 aromatic heterocycles. The number of hydrogen-bond acceptors (Lipinski definition) is 1. The summed E-state index contributed by atoms with van der Waals surface area (Å²) in [6.45, 7) is 4.73. The first-order valence-corrected chi connectivity index (χ1v) is 24.0. The molecule has 2 nitrogen and oxygen atoms in total. The first-order valence-electron chi connectivity index (χ1n) is 24.0. The minimum absolute atomic E-state index is 0.122. The van der Waals surface area contributed by atoms with Crippen molar-refractivity contribution in [3.63, 3.8) is 0 Å². The predicted octanol–water partition coefficient (Wildman–Crippen LogP) is 18.4. The molecular weight excluding hydrogens is 833 g/mol. The fourth-order valence-electron chi connectivity index (χ4n) is 11.3. The largest absolute Gasteiger partial charge is 0.309 e. The summed E-state index contributed by atoms with van der Waals surface area (Å²) in [7, 11) is 0. The van der Waals surface area contributed by atoms with Crippen molar-refractivity contribution in [1.29, 1.82) is 0 Å². The topological polar surface area (TPSA) is 8.17 Å². The Morgan fingerprint density at radius 2 is 0.899 bits per heavy atom. The van der Waals surface area contributed by atoms with Crippen LogP contribution in [0.3, 0.4) is 0 Å². The number of hydrogen-bond donors (Lipinski definition) is 0. The number of aromatic nitrogens is 1. The second kappa shape index (κ2) is 16.3. The van der Waals surface area contributed by atoms with Crippen molar-refractivity contribution in [2.24, 2.45) is 0 Å². The predicted molar refractivity (Wildman–Crippen MR) is 292 cm³/mol. The van der Waals surface area contributed by atoms with Crippen LogP contribution in [0, 0.1) is 0 Å². The molecule has 0 bridgehead atoms. The molecule has 1 aliphatic carbocycles. The first kappa shape index (κ1) is 40.5. The van der Waals surface area contributed by atoms with Gasteiger partial charge in [0.2, 0.25) is 0 Å². The quantitative estimate of drug-likeness (QED) is 0.148. The van der Waals surface area contributed by atoms with Gasteiger partial charge in [-0.05, 0) is 127 Å². The summed E-state index contributed by atoms with van der Waals surface area (Å²) in [6, 6.07) is 93.7. The van der Waals surface area contributed by atoms with E-state index in [4.69, 9.17) is 0 Å². The minimum atomic E-state index is -0.122. The van der Waals surface area contributed by atoms with Crippen molar-refractivity contribution in [2.75, 3.05) is 4.90 Å². The third kappa shape index (κ3) is 6.63. The SMILES string of the molecule is CC1(C)c2ccccc2-c2ccc(-c3ccccc3N(c3ccc(-c4ccc5c(c4)c4ccccc4n5-c4ccccc4)cc3)c3ccccc3-c3cccc4cccc(-c5ccccc5)c34)cc21. The van der Waals surface area contributed by atoms with Gasteiger partial charge in [-0.3, -0.25) is 0 Å². The summed E-state index contributed by atoms with van der Waals surface area (Å²) in [6.07, 6.45) is 0. The average molecular weight is 881 g/mol. The van der Waals surface area contributed by atoms with Gasteiger partial charge < -0.3 is 9.47 Å². The Hall–Kier alpha value is -8.72. The molecule has 0 aliphatic heterocycles. The fraction of sp³-hybridized carbons (Fsp3) is 0.0448. The van der Waals surface area contributed by atoms with E-state index in [1.807, 2.05) is 0 Å². The van der Waals surface area contributed by atoms with Crippen LogP contribution in [-0.2, 0) is 5.41 Å². The monoisotopic (exact) mass is 880 g/mol. The van der Waals surface area contributed by atoms with Gasteiger partial charge in [-0.1, -0.05) is 208 Å². The summed E-state index contributed by atoms with van der Waals surface area (Å²) in [5.74, 6) is 0. The molecule has 1 aliphatic rings. The number of rotatable bonds is 8. The smallest absolute Gasteiger partial charge is 0.0541 e. The molecule has 69 heavy (non-hydrogen) atoms. The van der Waals surface area contributed by atoms with Gasteiger partial charge in [0.15, 0.2) is 0 Å². The molecular formula is C67H48N2. The summed E-state index contributed by atoms with van der Waals surface area (Å²) < 4.78 is 2.38. The van der Waals surface area contributed by atoms with Crippen LogP contribution in [0.2, 0.25) is 0 Å². The lowest BCUT2D eigenvalue weighted by Crippen LogP contribution is -2.15. The fourth-order valence-corrected chi connectivity index (χ4v) is 11.3. The van der Waals surface area contributed by atoms with Crippen molar-refractivity contribution in [3.8, 4) is 61.3 Å². The van der Waals surface area contributed by atoms with E-state index in [0.29, 0.717) is 0 Å². The zero-order chi connectivity index (χ0) is 46.1. The van der Waals surface area contributed by atoms with Gasteiger partial charge in [0.1, 0.15) is 0 Å². The maximum Gasteiger partial charge on any atom is 0.0541 e. The van der Waals surface area contributed by atoms with E-state index in [0.717, 1.165) is 28.3 Å². The van der Waals surface area contributed by atoms with Crippen LogP contribution in [0.5, 0.6) is 0 Å². The van der Waals surface area contributed by atoms with E-state index in [2.05, 4.69) is 278 Å². The van der Waals surface area contributed by atoms with Gasteiger partial charge in [-0.15, -0.1) is 0 Å².